The number of carbonyl (C=O) groups is 1. The summed E-state index contributed by atoms with van der Waals surface area (Å²) in [5.41, 5.74) is 15.2. The highest BCUT2D eigenvalue weighted by molar-refractivity contribution is 5.86. The van der Waals surface area contributed by atoms with Crippen LogP contribution in [0.2, 0.25) is 0 Å². The van der Waals surface area contributed by atoms with Gasteiger partial charge in [-0.05, 0) is 17.7 Å². The van der Waals surface area contributed by atoms with Gasteiger partial charge >= 0.3 is 5.96 Å². The maximum Gasteiger partial charge on any atom is 0.336 e. The molecule has 0 atom stereocenters. The number of nitrogens with two attached hydrogens (primary N) is 4. The lowest BCUT2D eigenvalue weighted by molar-refractivity contribution is -0.255. The third-order valence-corrected chi connectivity index (χ3v) is 1.15. The van der Waals surface area contributed by atoms with Gasteiger partial charge in [-0.25, -0.2) is 0 Å². The Morgan fingerprint density at radius 3 is 1.86 bits per heavy atom. The molecule has 6 heteroatoms. The van der Waals surface area contributed by atoms with Crippen LogP contribution in [0.1, 0.15) is 10.4 Å². The molecule has 8 N–H and O–H groups in total. The first-order chi connectivity index (χ1) is 6.43. The zero-order valence-electron chi connectivity index (χ0n) is 7.44. The summed E-state index contributed by atoms with van der Waals surface area (Å²) in [7, 11) is 0. The molecule has 0 heterocycles. The van der Waals surface area contributed by atoms with Crippen LogP contribution in [0.25, 0.3) is 0 Å². The molecule has 0 fully saturated rings. The van der Waals surface area contributed by atoms with Crippen molar-refractivity contribution in [1.82, 2.24) is 0 Å². The summed E-state index contributed by atoms with van der Waals surface area (Å²) < 4.78 is 0. The minimum Gasteiger partial charge on any atom is -0.545 e. The van der Waals surface area contributed by atoms with Crippen molar-refractivity contribution in [2.24, 2.45) is 11.5 Å². The Labute approximate surface area is 80.8 Å². The molecule has 0 aliphatic carbocycles. The van der Waals surface area contributed by atoms with Gasteiger partial charge in [0, 0.05) is 5.69 Å². The zero-order chi connectivity index (χ0) is 11.1. The van der Waals surface area contributed by atoms with Crippen molar-refractivity contribution in [1.29, 1.82) is 0 Å². The summed E-state index contributed by atoms with van der Waals surface area (Å²) in [6.45, 7) is 0. The number of rotatable bonds is 1. The molecule has 1 aromatic carbocycles. The third kappa shape index (κ3) is 5.42. The van der Waals surface area contributed by atoms with E-state index >= 15 is 0 Å². The molecular formula is C8H12N4O2. The van der Waals surface area contributed by atoms with Crippen LogP contribution in [0.3, 0.4) is 0 Å². The summed E-state index contributed by atoms with van der Waals surface area (Å²) >= 11 is 0. The van der Waals surface area contributed by atoms with Crippen molar-refractivity contribution < 1.29 is 15.3 Å². The number of aromatic carboxylic acids is 1. The van der Waals surface area contributed by atoms with Gasteiger partial charge in [-0.3, -0.25) is 16.9 Å². The second-order valence-corrected chi connectivity index (χ2v) is 2.41. The van der Waals surface area contributed by atoms with Gasteiger partial charge in [0.1, 0.15) is 0 Å². The van der Waals surface area contributed by atoms with Gasteiger partial charge < -0.3 is 15.6 Å². The Hall–Kier alpha value is -2.24. The monoisotopic (exact) mass is 196 g/mol. The van der Waals surface area contributed by atoms with Crippen molar-refractivity contribution >= 4 is 17.6 Å². The van der Waals surface area contributed by atoms with E-state index in [4.69, 9.17) is 5.73 Å². The standard InChI is InChI=1S/C7H7NO2.CH5N3/c8-6-3-1-5(2-4-6)7(9)10;2-1(3)4/h1-4H,8H2,(H,9,10);(H5,2,3,4). The third-order valence-electron chi connectivity index (χ3n) is 1.15. The fourth-order valence-corrected chi connectivity index (χ4v) is 0.619. The smallest absolute Gasteiger partial charge is 0.336 e. The first-order valence-electron chi connectivity index (χ1n) is 3.63. The van der Waals surface area contributed by atoms with Crippen LogP contribution in [-0.4, -0.2) is 11.9 Å². The highest BCUT2D eigenvalue weighted by Crippen LogP contribution is 2.03. The number of carboxylic acids is 1. The van der Waals surface area contributed by atoms with Gasteiger partial charge in [-0.15, -0.1) is 0 Å². The predicted molar refractivity (Wildman–Crippen MR) is 50.5 cm³/mol. The molecule has 1 rings (SSSR count). The maximum atomic E-state index is 10.2. The molecule has 0 bridgehead atoms. The second kappa shape index (κ2) is 5.41. The number of hydrogen-bond donors (Lipinski definition) is 4. The Morgan fingerprint density at radius 2 is 1.57 bits per heavy atom. The van der Waals surface area contributed by atoms with Gasteiger partial charge in [0.05, 0.1) is 5.97 Å². The van der Waals surface area contributed by atoms with E-state index in [2.05, 4.69) is 16.9 Å². The van der Waals surface area contributed by atoms with Gasteiger partial charge in [0.25, 0.3) is 0 Å². The molecule has 0 spiro atoms. The van der Waals surface area contributed by atoms with E-state index in [9.17, 15) is 9.90 Å². The predicted octanol–water partition coefficient (Wildman–Crippen LogP) is -3.35. The first-order valence-corrected chi connectivity index (χ1v) is 3.63. The average Bonchev–Trinajstić information content (AvgIpc) is 2.03. The lowest BCUT2D eigenvalue weighted by Crippen LogP contribution is -2.51. The number of benzene rings is 1. The largest absolute Gasteiger partial charge is 0.545 e. The second-order valence-electron chi connectivity index (χ2n) is 2.41. The van der Waals surface area contributed by atoms with Crippen molar-refractivity contribution in [3.63, 3.8) is 0 Å². The molecule has 0 saturated heterocycles. The van der Waals surface area contributed by atoms with Gasteiger partial charge in [0.2, 0.25) is 0 Å². The number of hydrogen-bond acceptors (Lipinski definition) is 3. The van der Waals surface area contributed by atoms with Gasteiger partial charge in [-0.1, -0.05) is 12.1 Å². The summed E-state index contributed by atoms with van der Waals surface area (Å²) in [5, 5.41) is 14.7. The molecule has 0 aromatic heterocycles. The first kappa shape index (κ1) is 11.8. The molecule has 0 aliphatic rings. The van der Waals surface area contributed by atoms with Crippen molar-refractivity contribution in [2.45, 2.75) is 0 Å². The van der Waals surface area contributed by atoms with E-state index in [0.717, 1.165) is 0 Å². The average molecular weight is 196 g/mol. The lowest BCUT2D eigenvalue weighted by Gasteiger charge is -2.00. The normalized spacial score (nSPS) is 8.29. The molecule has 14 heavy (non-hydrogen) atoms. The molecule has 76 valence electrons. The lowest BCUT2D eigenvalue weighted by atomic mass is 10.2. The maximum absolute atomic E-state index is 10.2. The molecule has 0 aliphatic heterocycles. The van der Waals surface area contributed by atoms with E-state index in [1.165, 1.54) is 24.3 Å². The topological polar surface area (TPSA) is 144 Å². The Balaban J connectivity index is 0.000000364. The fourth-order valence-electron chi connectivity index (χ4n) is 0.619. The Kier molecular flexibility index (Phi) is 4.55. The highest BCUT2D eigenvalue weighted by atomic mass is 16.4. The SMILES string of the molecule is NC(N)=[NH2+].Nc1ccc(C(=O)[O-])cc1. The molecule has 0 radical (unpaired) electrons. The van der Waals surface area contributed by atoms with E-state index in [1.807, 2.05) is 0 Å². The quantitative estimate of drug-likeness (QED) is 0.211. The number of anilines is 1. The van der Waals surface area contributed by atoms with Crippen LogP contribution >= 0.6 is 0 Å². The van der Waals surface area contributed by atoms with Crippen LogP contribution < -0.4 is 27.7 Å². The van der Waals surface area contributed by atoms with Gasteiger partial charge in [0.15, 0.2) is 0 Å². The number of guanidine groups is 1. The van der Waals surface area contributed by atoms with Crippen molar-refractivity contribution in [3.8, 4) is 0 Å². The van der Waals surface area contributed by atoms with Gasteiger partial charge in [-0.2, -0.15) is 0 Å². The minimum absolute atomic E-state index is 0.0833. The van der Waals surface area contributed by atoms with Crippen LogP contribution in [0.5, 0.6) is 0 Å². The molecule has 0 saturated carbocycles. The Morgan fingerprint density at radius 1 is 1.21 bits per heavy atom. The van der Waals surface area contributed by atoms with E-state index in [0.29, 0.717) is 5.69 Å². The summed E-state index contributed by atoms with van der Waals surface area (Å²) in [5.74, 6) is -1.26. The summed E-state index contributed by atoms with van der Waals surface area (Å²) in [4.78, 5) is 10.2. The minimum atomic E-state index is -1.18. The number of carboxylic acid groups (broad SMARTS) is 1. The summed E-state index contributed by atoms with van der Waals surface area (Å²) in [6, 6.07) is 5.85. The zero-order valence-corrected chi connectivity index (χ0v) is 7.44. The number of carbonyl (C=O) groups excluding carboxylic acids is 1. The molecule has 1 aromatic rings. The molecule has 0 unspecified atom stereocenters. The van der Waals surface area contributed by atoms with Crippen LogP contribution in [0, 0.1) is 0 Å². The van der Waals surface area contributed by atoms with Crippen molar-refractivity contribution in [2.75, 3.05) is 5.73 Å². The Bertz CT molecular complexity index is 317. The van der Waals surface area contributed by atoms with E-state index in [-0.39, 0.29) is 11.5 Å². The van der Waals surface area contributed by atoms with Crippen LogP contribution in [0.15, 0.2) is 24.3 Å². The van der Waals surface area contributed by atoms with E-state index in [1.54, 1.807) is 0 Å². The van der Waals surface area contributed by atoms with Crippen molar-refractivity contribution in [3.05, 3.63) is 29.8 Å². The van der Waals surface area contributed by atoms with Crippen LogP contribution in [-0.2, 0) is 0 Å². The summed E-state index contributed by atoms with van der Waals surface area (Å²) in [6.07, 6.45) is 0. The molecular weight excluding hydrogens is 184 g/mol. The highest BCUT2D eigenvalue weighted by Gasteiger charge is 1.89. The van der Waals surface area contributed by atoms with Crippen LogP contribution in [0.4, 0.5) is 5.69 Å². The fraction of sp³-hybridized carbons (Fsp3) is 0. The molecule has 0 amide bonds. The number of nitrogen functional groups attached to an aromatic ring is 1. The van der Waals surface area contributed by atoms with E-state index < -0.39 is 5.97 Å². The molecule has 6 nitrogen and oxygen atoms in total.